The van der Waals surface area contributed by atoms with Gasteiger partial charge in [-0.05, 0) is 11.1 Å². The fourth-order valence-electron chi connectivity index (χ4n) is 3.64. The van der Waals surface area contributed by atoms with Crippen LogP contribution < -0.4 is 0 Å². The Morgan fingerprint density at radius 3 is 1.87 bits per heavy atom. The fraction of sp³-hybridized carbons (Fsp3) is 0.423. The van der Waals surface area contributed by atoms with Crippen LogP contribution in [0.25, 0.3) is 0 Å². The minimum atomic E-state index is -4.51. The monoisotopic (exact) mass is 568 g/mol. The third-order valence-electron chi connectivity index (χ3n) is 5.32. The standard InChI is InChI=1S/C26H30FO11P/c1-17(28)32-16-22(35-18(2)29)24-25(36-19(3)30)23(27)26(37-24)38-39(31,33-14-20-10-6-4-7-11-20)34-15-21-12-8-5-9-13-21/h4-13,22-26H,14-16H2,1-3H3/t22-,23-,24+,25-,26-/m1/s1. The van der Waals surface area contributed by atoms with Gasteiger partial charge in [0.25, 0.3) is 0 Å². The van der Waals surface area contributed by atoms with E-state index in [0.717, 1.165) is 20.8 Å². The summed E-state index contributed by atoms with van der Waals surface area (Å²) in [5, 5.41) is 0. The highest BCUT2D eigenvalue weighted by molar-refractivity contribution is 7.48. The average Bonchev–Trinajstić information content (AvgIpc) is 3.19. The summed E-state index contributed by atoms with van der Waals surface area (Å²) in [5.74, 6) is -2.36. The fourth-order valence-corrected chi connectivity index (χ4v) is 4.87. The van der Waals surface area contributed by atoms with Crippen molar-refractivity contribution in [2.45, 2.75) is 64.8 Å². The van der Waals surface area contributed by atoms with Gasteiger partial charge in [-0.2, -0.15) is 0 Å². The number of benzene rings is 2. The molecular weight excluding hydrogens is 538 g/mol. The van der Waals surface area contributed by atoms with Crippen molar-refractivity contribution < 1.29 is 55.9 Å². The number of halogens is 1. The van der Waals surface area contributed by atoms with E-state index in [1.165, 1.54) is 0 Å². The number of carbonyl (C=O) groups is 3. The Balaban J connectivity index is 1.83. The van der Waals surface area contributed by atoms with Crippen LogP contribution in [0.4, 0.5) is 4.39 Å². The van der Waals surface area contributed by atoms with E-state index in [4.69, 9.17) is 32.5 Å². The van der Waals surface area contributed by atoms with E-state index >= 15 is 4.39 Å². The molecule has 11 nitrogen and oxygen atoms in total. The summed E-state index contributed by atoms with van der Waals surface area (Å²) in [4.78, 5) is 34.8. The Morgan fingerprint density at radius 1 is 0.872 bits per heavy atom. The molecule has 1 fully saturated rings. The summed E-state index contributed by atoms with van der Waals surface area (Å²) in [5.41, 5.74) is 1.28. The van der Waals surface area contributed by atoms with E-state index in [1.807, 2.05) is 0 Å². The molecule has 13 heteroatoms. The second-order valence-electron chi connectivity index (χ2n) is 8.51. The van der Waals surface area contributed by atoms with E-state index in [9.17, 15) is 18.9 Å². The molecule has 0 bridgehead atoms. The van der Waals surface area contributed by atoms with Crippen LogP contribution in [0.15, 0.2) is 60.7 Å². The normalized spacial score (nSPS) is 21.6. The summed E-state index contributed by atoms with van der Waals surface area (Å²) in [6, 6.07) is 17.5. The maximum atomic E-state index is 15.6. The summed E-state index contributed by atoms with van der Waals surface area (Å²) < 4.78 is 66.5. The molecule has 0 spiro atoms. The van der Waals surface area contributed by atoms with Crippen molar-refractivity contribution in [3.05, 3.63) is 71.8 Å². The summed E-state index contributed by atoms with van der Waals surface area (Å²) >= 11 is 0. The van der Waals surface area contributed by atoms with E-state index in [1.54, 1.807) is 60.7 Å². The molecule has 2 aromatic carbocycles. The molecule has 0 radical (unpaired) electrons. The lowest BCUT2D eigenvalue weighted by Crippen LogP contribution is -2.45. The van der Waals surface area contributed by atoms with E-state index in [-0.39, 0.29) is 13.2 Å². The van der Waals surface area contributed by atoms with E-state index < -0.39 is 63.1 Å². The molecule has 0 aliphatic carbocycles. The highest BCUT2D eigenvalue weighted by atomic mass is 31.2. The maximum Gasteiger partial charge on any atom is 0.477 e. The molecule has 1 aliphatic heterocycles. The minimum Gasteiger partial charge on any atom is -0.462 e. The molecule has 0 amide bonds. The molecule has 212 valence electrons. The van der Waals surface area contributed by atoms with Gasteiger partial charge in [0.15, 0.2) is 18.4 Å². The van der Waals surface area contributed by atoms with Crippen molar-refractivity contribution >= 4 is 25.7 Å². The molecule has 39 heavy (non-hydrogen) atoms. The topological polar surface area (TPSA) is 133 Å². The van der Waals surface area contributed by atoms with Gasteiger partial charge in [-0.25, -0.2) is 8.96 Å². The number of carbonyl (C=O) groups excluding carboxylic acids is 3. The van der Waals surface area contributed by atoms with Crippen LogP contribution in [0, 0.1) is 0 Å². The van der Waals surface area contributed by atoms with Gasteiger partial charge in [0.2, 0.25) is 6.29 Å². The lowest BCUT2D eigenvalue weighted by molar-refractivity contribution is -0.182. The zero-order valence-electron chi connectivity index (χ0n) is 21.6. The summed E-state index contributed by atoms with van der Waals surface area (Å²) in [7, 11) is -4.51. The van der Waals surface area contributed by atoms with Gasteiger partial charge in [0.1, 0.15) is 12.7 Å². The first kappa shape index (κ1) is 30.4. The second kappa shape index (κ2) is 14.3. The van der Waals surface area contributed by atoms with Crippen LogP contribution in [0.3, 0.4) is 0 Å². The van der Waals surface area contributed by atoms with Gasteiger partial charge in [-0.1, -0.05) is 60.7 Å². The number of esters is 3. The molecule has 0 saturated carbocycles. The Hall–Kier alpha value is -3.15. The smallest absolute Gasteiger partial charge is 0.462 e. The summed E-state index contributed by atoms with van der Waals surface area (Å²) in [6.45, 7) is 2.33. The maximum absolute atomic E-state index is 15.6. The van der Waals surface area contributed by atoms with Crippen LogP contribution in [-0.4, -0.2) is 55.3 Å². The molecule has 1 saturated heterocycles. The van der Waals surface area contributed by atoms with Gasteiger partial charge >= 0.3 is 25.7 Å². The highest BCUT2D eigenvalue weighted by Gasteiger charge is 2.55. The number of alkyl halides is 1. The molecule has 5 atom stereocenters. The predicted molar refractivity (Wildman–Crippen MR) is 132 cm³/mol. The summed E-state index contributed by atoms with van der Waals surface area (Å²) in [6.07, 6.45) is -8.65. The first-order chi connectivity index (χ1) is 18.6. The number of rotatable bonds is 13. The number of phosphoric ester groups is 1. The molecular formula is C26H30FO11P. The Kier molecular flexibility index (Phi) is 11.1. The molecule has 0 aromatic heterocycles. The van der Waals surface area contributed by atoms with Crippen LogP contribution in [0.2, 0.25) is 0 Å². The van der Waals surface area contributed by atoms with Gasteiger partial charge in [0.05, 0.1) is 13.2 Å². The molecule has 1 aliphatic rings. The van der Waals surface area contributed by atoms with Crippen LogP contribution in [-0.2, 0) is 64.7 Å². The average molecular weight is 568 g/mol. The second-order valence-corrected chi connectivity index (χ2v) is 10.1. The van der Waals surface area contributed by atoms with Crippen LogP contribution in [0.5, 0.6) is 0 Å². The van der Waals surface area contributed by atoms with Gasteiger partial charge in [-0.3, -0.25) is 28.0 Å². The SMILES string of the molecule is CC(=O)OC[C@@H](OC(C)=O)[C@@H]1O[C@H](OP(=O)(OCc2ccccc2)OCc2ccccc2)[C@H](F)[C@H]1OC(C)=O. The lowest BCUT2D eigenvalue weighted by Gasteiger charge is -2.26. The molecule has 2 aromatic rings. The van der Waals surface area contributed by atoms with E-state index in [2.05, 4.69) is 0 Å². The first-order valence-corrected chi connectivity index (χ1v) is 13.4. The third kappa shape index (κ3) is 9.52. The number of ether oxygens (including phenoxy) is 4. The Morgan fingerprint density at radius 2 is 1.41 bits per heavy atom. The van der Waals surface area contributed by atoms with Crippen molar-refractivity contribution in [2.75, 3.05) is 6.61 Å². The third-order valence-corrected chi connectivity index (χ3v) is 6.68. The zero-order chi connectivity index (χ0) is 28.4. The highest BCUT2D eigenvalue weighted by Crippen LogP contribution is 2.54. The largest absolute Gasteiger partial charge is 0.477 e. The number of hydrogen-bond acceptors (Lipinski definition) is 11. The number of phosphoric acid groups is 1. The van der Waals surface area contributed by atoms with Crippen molar-refractivity contribution in [3.63, 3.8) is 0 Å². The predicted octanol–water partition coefficient (Wildman–Crippen LogP) is 4.03. The van der Waals surface area contributed by atoms with Gasteiger partial charge < -0.3 is 18.9 Å². The minimum absolute atomic E-state index is 0.199. The van der Waals surface area contributed by atoms with Crippen molar-refractivity contribution in [1.82, 2.24) is 0 Å². The van der Waals surface area contributed by atoms with E-state index in [0.29, 0.717) is 11.1 Å². The number of hydrogen-bond donors (Lipinski definition) is 0. The quantitative estimate of drug-likeness (QED) is 0.197. The van der Waals surface area contributed by atoms with Crippen molar-refractivity contribution in [1.29, 1.82) is 0 Å². The van der Waals surface area contributed by atoms with Crippen molar-refractivity contribution in [3.8, 4) is 0 Å². The molecule has 0 N–H and O–H groups in total. The van der Waals surface area contributed by atoms with Gasteiger partial charge in [-0.15, -0.1) is 0 Å². The molecule has 0 unspecified atom stereocenters. The van der Waals surface area contributed by atoms with Gasteiger partial charge in [0, 0.05) is 20.8 Å². The Bertz CT molecular complexity index is 1100. The molecule has 3 rings (SSSR count). The Labute approximate surface area is 225 Å². The van der Waals surface area contributed by atoms with Crippen molar-refractivity contribution in [2.24, 2.45) is 0 Å². The lowest BCUT2D eigenvalue weighted by atomic mass is 10.1. The van der Waals surface area contributed by atoms with Crippen LogP contribution in [0.1, 0.15) is 31.9 Å². The first-order valence-electron chi connectivity index (χ1n) is 12.0. The van der Waals surface area contributed by atoms with Crippen LogP contribution >= 0.6 is 7.82 Å². The molecule has 1 heterocycles. The zero-order valence-corrected chi connectivity index (χ0v) is 22.5.